The monoisotopic (exact) mass is 450 g/mol. The van der Waals surface area contributed by atoms with Crippen LogP contribution in [0.2, 0.25) is 5.02 Å². The second-order valence-corrected chi connectivity index (χ2v) is 9.68. The molecule has 8 heteroatoms. The van der Waals surface area contributed by atoms with Gasteiger partial charge in [0.05, 0.1) is 12.0 Å². The third-order valence-corrected chi connectivity index (χ3v) is 7.08. The summed E-state index contributed by atoms with van der Waals surface area (Å²) in [6.07, 6.45) is 3.03. The van der Waals surface area contributed by atoms with Crippen LogP contribution in [0, 0.1) is 5.92 Å². The molecule has 1 aliphatic rings. The predicted octanol–water partition coefficient (Wildman–Crippen LogP) is 3.50. The third kappa shape index (κ3) is 6.20. The Bertz CT molecular complexity index is 955. The first-order valence-corrected chi connectivity index (χ1v) is 11.9. The number of hydrogen-bond donors (Lipinski definition) is 1. The maximum atomic E-state index is 12.5. The van der Waals surface area contributed by atoms with Crippen molar-refractivity contribution in [2.45, 2.75) is 30.6 Å². The highest BCUT2D eigenvalue weighted by Gasteiger charge is 2.23. The summed E-state index contributed by atoms with van der Waals surface area (Å²) in [5.74, 6) is 1.38. The highest BCUT2D eigenvalue weighted by Crippen LogP contribution is 2.23. The number of ether oxygens (including phenoxy) is 1. The number of carbonyl (C=O) groups is 1. The molecule has 0 atom stereocenters. The van der Waals surface area contributed by atoms with Crippen molar-refractivity contribution >= 4 is 27.5 Å². The van der Waals surface area contributed by atoms with E-state index in [1.54, 1.807) is 19.2 Å². The average Bonchev–Trinajstić information content (AvgIpc) is 2.74. The SMILES string of the molecule is COc1ccc(CC2CCN(C(=O)CCNS(=O)(=O)c3cccc(Cl)c3)CC2)cc1. The molecule has 0 radical (unpaired) electrons. The van der Waals surface area contributed by atoms with Crippen molar-refractivity contribution in [3.63, 3.8) is 0 Å². The highest BCUT2D eigenvalue weighted by atomic mass is 35.5. The number of benzene rings is 2. The number of amides is 1. The van der Waals surface area contributed by atoms with Crippen LogP contribution in [-0.4, -0.2) is 46.0 Å². The molecule has 0 saturated carbocycles. The fourth-order valence-corrected chi connectivity index (χ4v) is 4.98. The highest BCUT2D eigenvalue weighted by molar-refractivity contribution is 7.89. The lowest BCUT2D eigenvalue weighted by Gasteiger charge is -2.32. The number of methoxy groups -OCH3 is 1. The largest absolute Gasteiger partial charge is 0.497 e. The lowest BCUT2D eigenvalue weighted by molar-refractivity contribution is -0.132. The van der Waals surface area contributed by atoms with E-state index in [-0.39, 0.29) is 23.8 Å². The minimum atomic E-state index is -3.67. The van der Waals surface area contributed by atoms with Crippen LogP contribution < -0.4 is 9.46 Å². The Kier molecular flexibility index (Phi) is 7.75. The van der Waals surface area contributed by atoms with E-state index in [0.717, 1.165) is 25.0 Å². The summed E-state index contributed by atoms with van der Waals surface area (Å²) in [5.41, 5.74) is 1.27. The number of rotatable bonds is 8. The van der Waals surface area contributed by atoms with E-state index in [4.69, 9.17) is 16.3 Å². The van der Waals surface area contributed by atoms with Crippen molar-refractivity contribution in [2.24, 2.45) is 5.92 Å². The van der Waals surface area contributed by atoms with Crippen LogP contribution >= 0.6 is 11.6 Å². The van der Waals surface area contributed by atoms with Crippen molar-refractivity contribution in [3.8, 4) is 5.75 Å². The zero-order chi connectivity index (χ0) is 21.6. The second kappa shape index (κ2) is 10.3. The summed E-state index contributed by atoms with van der Waals surface area (Å²) in [6, 6.07) is 14.2. The fourth-order valence-electron chi connectivity index (χ4n) is 3.65. The minimum Gasteiger partial charge on any atom is -0.497 e. The molecule has 0 unspecified atom stereocenters. The van der Waals surface area contributed by atoms with Gasteiger partial charge in [-0.15, -0.1) is 0 Å². The molecule has 2 aromatic carbocycles. The number of sulfonamides is 1. The third-order valence-electron chi connectivity index (χ3n) is 5.39. The second-order valence-electron chi connectivity index (χ2n) is 7.48. The van der Waals surface area contributed by atoms with Crippen LogP contribution in [0.25, 0.3) is 0 Å². The molecular weight excluding hydrogens is 424 g/mol. The fraction of sp³-hybridized carbons (Fsp3) is 0.409. The van der Waals surface area contributed by atoms with E-state index in [1.165, 1.54) is 17.7 Å². The number of likely N-dealkylation sites (tertiary alicyclic amines) is 1. The molecule has 1 N–H and O–H groups in total. The van der Waals surface area contributed by atoms with Gasteiger partial charge in [-0.3, -0.25) is 4.79 Å². The Morgan fingerprint density at radius 2 is 1.87 bits per heavy atom. The summed E-state index contributed by atoms with van der Waals surface area (Å²) < 4.78 is 32.3. The van der Waals surface area contributed by atoms with Crippen molar-refractivity contribution in [3.05, 3.63) is 59.1 Å². The predicted molar refractivity (Wildman–Crippen MR) is 117 cm³/mol. The van der Waals surface area contributed by atoms with E-state index in [2.05, 4.69) is 16.9 Å². The van der Waals surface area contributed by atoms with Gasteiger partial charge in [0.15, 0.2) is 0 Å². The molecule has 1 saturated heterocycles. The lowest BCUT2D eigenvalue weighted by atomic mass is 9.90. The van der Waals surface area contributed by atoms with Crippen LogP contribution in [-0.2, 0) is 21.2 Å². The van der Waals surface area contributed by atoms with Gasteiger partial charge < -0.3 is 9.64 Å². The number of halogens is 1. The van der Waals surface area contributed by atoms with Gasteiger partial charge in [-0.2, -0.15) is 0 Å². The Labute approximate surface area is 183 Å². The van der Waals surface area contributed by atoms with Gasteiger partial charge in [-0.05, 0) is 61.1 Å². The molecule has 30 heavy (non-hydrogen) atoms. The first-order valence-electron chi connectivity index (χ1n) is 10.0. The first kappa shape index (κ1) is 22.6. The van der Waals surface area contributed by atoms with Crippen LogP contribution in [0.5, 0.6) is 5.75 Å². The van der Waals surface area contributed by atoms with Crippen LogP contribution in [0.4, 0.5) is 0 Å². The summed E-state index contributed by atoms with van der Waals surface area (Å²) in [4.78, 5) is 14.4. The molecule has 1 aliphatic heterocycles. The Morgan fingerprint density at radius 3 is 2.50 bits per heavy atom. The quantitative estimate of drug-likeness (QED) is 0.667. The van der Waals surface area contributed by atoms with Gasteiger partial charge in [-0.25, -0.2) is 13.1 Å². The Hall–Kier alpha value is -2.09. The lowest BCUT2D eigenvalue weighted by Crippen LogP contribution is -2.40. The van der Waals surface area contributed by atoms with Crippen molar-refractivity contribution in [2.75, 3.05) is 26.7 Å². The minimum absolute atomic E-state index is 0.0216. The van der Waals surface area contributed by atoms with E-state index in [0.29, 0.717) is 24.0 Å². The maximum Gasteiger partial charge on any atom is 0.240 e. The van der Waals surface area contributed by atoms with Crippen molar-refractivity contribution in [1.82, 2.24) is 9.62 Å². The average molecular weight is 451 g/mol. The molecule has 0 spiro atoms. The van der Waals surface area contributed by atoms with Crippen LogP contribution in [0.1, 0.15) is 24.8 Å². The molecule has 2 aromatic rings. The van der Waals surface area contributed by atoms with Crippen molar-refractivity contribution in [1.29, 1.82) is 0 Å². The van der Waals surface area contributed by atoms with E-state index < -0.39 is 10.0 Å². The van der Waals surface area contributed by atoms with E-state index in [9.17, 15) is 13.2 Å². The molecule has 1 heterocycles. The van der Waals surface area contributed by atoms with Gasteiger partial charge in [0.2, 0.25) is 15.9 Å². The number of hydrogen-bond acceptors (Lipinski definition) is 4. The smallest absolute Gasteiger partial charge is 0.240 e. The Balaban J connectivity index is 1.41. The van der Waals surface area contributed by atoms with E-state index >= 15 is 0 Å². The van der Waals surface area contributed by atoms with Gasteiger partial charge in [0.25, 0.3) is 0 Å². The van der Waals surface area contributed by atoms with Crippen LogP contribution in [0.3, 0.4) is 0 Å². The molecular formula is C22H27ClN2O4S. The van der Waals surface area contributed by atoms with Gasteiger partial charge in [0, 0.05) is 31.1 Å². The number of carbonyl (C=O) groups excluding carboxylic acids is 1. The van der Waals surface area contributed by atoms with Gasteiger partial charge in [-0.1, -0.05) is 29.8 Å². The summed E-state index contributed by atoms with van der Waals surface area (Å²) in [6.45, 7) is 1.49. The molecule has 1 fully saturated rings. The summed E-state index contributed by atoms with van der Waals surface area (Å²) >= 11 is 5.85. The zero-order valence-electron chi connectivity index (χ0n) is 17.0. The number of nitrogens with zero attached hydrogens (tertiary/aromatic N) is 1. The normalized spacial score (nSPS) is 15.2. The molecule has 6 nitrogen and oxygen atoms in total. The van der Waals surface area contributed by atoms with Crippen molar-refractivity contribution < 1.29 is 17.9 Å². The molecule has 1 amide bonds. The van der Waals surface area contributed by atoms with Crippen LogP contribution in [0.15, 0.2) is 53.4 Å². The molecule has 162 valence electrons. The molecule has 0 aromatic heterocycles. The standard InChI is InChI=1S/C22H27ClN2O4S/c1-29-20-7-5-17(6-8-20)15-18-10-13-25(14-11-18)22(26)9-12-24-30(27,28)21-4-2-3-19(23)16-21/h2-8,16,18,24H,9-15H2,1H3. The summed E-state index contributed by atoms with van der Waals surface area (Å²) in [7, 11) is -2.02. The Morgan fingerprint density at radius 1 is 1.17 bits per heavy atom. The molecule has 0 aliphatic carbocycles. The van der Waals surface area contributed by atoms with Gasteiger partial charge in [0.1, 0.15) is 5.75 Å². The maximum absolute atomic E-state index is 12.5. The number of piperidine rings is 1. The number of nitrogens with one attached hydrogen (secondary N) is 1. The van der Waals surface area contributed by atoms with E-state index in [1.807, 2.05) is 17.0 Å². The zero-order valence-corrected chi connectivity index (χ0v) is 18.6. The molecule has 0 bridgehead atoms. The first-order chi connectivity index (χ1) is 14.4. The summed E-state index contributed by atoms with van der Waals surface area (Å²) in [5, 5.41) is 0.353. The topological polar surface area (TPSA) is 75.7 Å². The molecule has 3 rings (SSSR count). The van der Waals surface area contributed by atoms with Gasteiger partial charge >= 0.3 is 0 Å².